The first-order chi connectivity index (χ1) is 9.65. The third-order valence-electron chi connectivity index (χ3n) is 2.59. The van der Waals surface area contributed by atoms with Crippen LogP contribution in [0.25, 0.3) is 0 Å². The van der Waals surface area contributed by atoms with Gasteiger partial charge in [-0.15, -0.1) is 0 Å². The van der Waals surface area contributed by atoms with E-state index in [4.69, 9.17) is 4.74 Å². The van der Waals surface area contributed by atoms with Gasteiger partial charge in [-0.05, 0) is 24.3 Å². The smallest absolute Gasteiger partial charge is 0.353 e. The van der Waals surface area contributed by atoms with Crippen molar-refractivity contribution in [3.8, 4) is 5.75 Å². The maximum Gasteiger partial charge on any atom is 0.353 e. The summed E-state index contributed by atoms with van der Waals surface area (Å²) >= 11 is 0. The fourth-order valence-corrected chi connectivity index (χ4v) is 1.64. The molecular formula is C12H13N5O3. The molecule has 2 aromatic rings. The maximum absolute atomic E-state index is 11.1. The Balaban J connectivity index is 2.34. The molecule has 0 saturated carbocycles. The lowest BCUT2D eigenvalue weighted by Crippen LogP contribution is -2.05. The predicted octanol–water partition coefficient (Wildman–Crippen LogP) is 2.18. The normalized spacial score (nSPS) is 9.90. The number of nitrogens with one attached hydrogen (secondary N) is 2. The maximum atomic E-state index is 11.1. The van der Waals surface area contributed by atoms with E-state index in [1.54, 1.807) is 38.4 Å². The molecule has 104 valence electrons. The van der Waals surface area contributed by atoms with Crippen molar-refractivity contribution in [2.24, 2.45) is 0 Å². The van der Waals surface area contributed by atoms with Crippen LogP contribution in [0.4, 0.5) is 23.0 Å². The molecule has 0 fully saturated rings. The Kier molecular flexibility index (Phi) is 3.94. The van der Waals surface area contributed by atoms with Crippen molar-refractivity contribution in [2.45, 2.75) is 0 Å². The SMILES string of the molecule is CNc1ncnc(Nc2ccc(OC)cc2)c1[N+](=O)[O-]. The summed E-state index contributed by atoms with van der Waals surface area (Å²) in [5.74, 6) is 0.976. The first kappa shape index (κ1) is 13.5. The monoisotopic (exact) mass is 275 g/mol. The fourth-order valence-electron chi connectivity index (χ4n) is 1.64. The van der Waals surface area contributed by atoms with Crippen LogP contribution in [0.2, 0.25) is 0 Å². The van der Waals surface area contributed by atoms with Crippen LogP contribution in [-0.4, -0.2) is 29.0 Å². The number of anilines is 3. The zero-order valence-corrected chi connectivity index (χ0v) is 11.0. The highest BCUT2D eigenvalue weighted by Crippen LogP contribution is 2.30. The van der Waals surface area contributed by atoms with E-state index in [9.17, 15) is 10.1 Å². The van der Waals surface area contributed by atoms with E-state index in [-0.39, 0.29) is 17.3 Å². The number of aromatic nitrogens is 2. The molecular weight excluding hydrogens is 262 g/mol. The Morgan fingerprint density at radius 1 is 1.20 bits per heavy atom. The molecule has 0 bridgehead atoms. The topological polar surface area (TPSA) is 102 Å². The molecule has 0 spiro atoms. The van der Waals surface area contributed by atoms with Gasteiger partial charge in [0.1, 0.15) is 12.1 Å². The Bertz CT molecular complexity index is 615. The van der Waals surface area contributed by atoms with Gasteiger partial charge < -0.3 is 15.4 Å². The van der Waals surface area contributed by atoms with Crippen molar-refractivity contribution in [3.63, 3.8) is 0 Å². The average molecular weight is 275 g/mol. The number of nitrogens with zero attached hydrogens (tertiary/aromatic N) is 3. The molecule has 2 N–H and O–H groups in total. The molecule has 0 amide bonds. The van der Waals surface area contributed by atoms with Gasteiger partial charge in [-0.1, -0.05) is 0 Å². The molecule has 0 aliphatic carbocycles. The van der Waals surface area contributed by atoms with E-state index in [0.29, 0.717) is 11.4 Å². The quantitative estimate of drug-likeness (QED) is 0.636. The van der Waals surface area contributed by atoms with Gasteiger partial charge in [0.2, 0.25) is 11.6 Å². The van der Waals surface area contributed by atoms with Crippen molar-refractivity contribution in [2.75, 3.05) is 24.8 Å². The van der Waals surface area contributed by atoms with Gasteiger partial charge in [-0.2, -0.15) is 0 Å². The fraction of sp³-hybridized carbons (Fsp3) is 0.167. The van der Waals surface area contributed by atoms with Gasteiger partial charge in [0, 0.05) is 12.7 Å². The van der Waals surface area contributed by atoms with Crippen LogP contribution in [0.1, 0.15) is 0 Å². The summed E-state index contributed by atoms with van der Waals surface area (Å²) in [4.78, 5) is 18.3. The minimum atomic E-state index is -0.530. The summed E-state index contributed by atoms with van der Waals surface area (Å²) in [6, 6.07) is 6.97. The van der Waals surface area contributed by atoms with E-state index < -0.39 is 4.92 Å². The van der Waals surface area contributed by atoms with Gasteiger partial charge in [-0.25, -0.2) is 9.97 Å². The summed E-state index contributed by atoms with van der Waals surface area (Å²) in [5.41, 5.74) is 0.459. The second-order valence-corrected chi connectivity index (χ2v) is 3.78. The molecule has 0 aliphatic rings. The zero-order chi connectivity index (χ0) is 14.5. The third kappa shape index (κ3) is 2.74. The van der Waals surface area contributed by atoms with Crippen molar-refractivity contribution in [1.29, 1.82) is 0 Å². The van der Waals surface area contributed by atoms with Gasteiger partial charge in [0.15, 0.2) is 0 Å². The van der Waals surface area contributed by atoms with Crippen LogP contribution in [-0.2, 0) is 0 Å². The van der Waals surface area contributed by atoms with Crippen LogP contribution in [0.3, 0.4) is 0 Å². The van der Waals surface area contributed by atoms with Gasteiger partial charge in [0.25, 0.3) is 0 Å². The van der Waals surface area contributed by atoms with Crippen molar-refractivity contribution >= 4 is 23.0 Å². The van der Waals surface area contributed by atoms with E-state index in [2.05, 4.69) is 20.6 Å². The van der Waals surface area contributed by atoms with Crippen molar-refractivity contribution < 1.29 is 9.66 Å². The lowest BCUT2D eigenvalue weighted by atomic mass is 10.3. The first-order valence-corrected chi connectivity index (χ1v) is 5.74. The lowest BCUT2D eigenvalue weighted by Gasteiger charge is -2.08. The van der Waals surface area contributed by atoms with Gasteiger partial charge >= 0.3 is 5.69 Å². The lowest BCUT2D eigenvalue weighted by molar-refractivity contribution is -0.383. The summed E-state index contributed by atoms with van der Waals surface area (Å²) < 4.78 is 5.05. The van der Waals surface area contributed by atoms with E-state index in [1.165, 1.54) is 6.33 Å². The van der Waals surface area contributed by atoms with Crippen molar-refractivity contribution in [3.05, 3.63) is 40.7 Å². The Labute approximate surface area is 115 Å². The van der Waals surface area contributed by atoms with Crippen LogP contribution in [0.5, 0.6) is 5.75 Å². The number of hydrogen-bond acceptors (Lipinski definition) is 7. The van der Waals surface area contributed by atoms with Crippen molar-refractivity contribution in [1.82, 2.24) is 9.97 Å². The molecule has 2 rings (SSSR count). The molecule has 1 heterocycles. The molecule has 1 aromatic carbocycles. The molecule has 20 heavy (non-hydrogen) atoms. The highest BCUT2D eigenvalue weighted by molar-refractivity contribution is 5.73. The van der Waals surface area contributed by atoms with Crippen LogP contribution in [0, 0.1) is 10.1 Å². The standard InChI is InChI=1S/C12H13N5O3/c1-13-11-10(17(18)19)12(15-7-14-11)16-8-3-5-9(20-2)6-4-8/h3-7H,1-2H3,(H2,13,14,15,16). The molecule has 1 aromatic heterocycles. The Morgan fingerprint density at radius 2 is 1.85 bits per heavy atom. The van der Waals surface area contributed by atoms with E-state index in [0.717, 1.165) is 0 Å². The van der Waals surface area contributed by atoms with Gasteiger partial charge in [-0.3, -0.25) is 10.1 Å². The van der Waals surface area contributed by atoms with Gasteiger partial charge in [0.05, 0.1) is 12.0 Å². The van der Waals surface area contributed by atoms with Crippen LogP contribution < -0.4 is 15.4 Å². The Hall–Kier alpha value is -2.90. The molecule has 0 unspecified atom stereocenters. The van der Waals surface area contributed by atoms with E-state index in [1.807, 2.05) is 0 Å². The summed E-state index contributed by atoms with van der Waals surface area (Å²) in [6.07, 6.45) is 1.25. The second kappa shape index (κ2) is 5.83. The number of nitro groups is 1. The molecule has 0 aliphatic heterocycles. The predicted molar refractivity (Wildman–Crippen MR) is 74.5 cm³/mol. The molecule has 0 atom stereocenters. The largest absolute Gasteiger partial charge is 0.497 e. The molecule has 8 heteroatoms. The summed E-state index contributed by atoms with van der Waals surface area (Å²) in [6.45, 7) is 0. The summed E-state index contributed by atoms with van der Waals surface area (Å²) in [7, 11) is 3.13. The minimum Gasteiger partial charge on any atom is -0.497 e. The number of hydrogen-bond donors (Lipinski definition) is 2. The average Bonchev–Trinajstić information content (AvgIpc) is 2.47. The molecule has 0 saturated heterocycles. The highest BCUT2D eigenvalue weighted by atomic mass is 16.6. The van der Waals surface area contributed by atoms with Crippen LogP contribution >= 0.6 is 0 Å². The Morgan fingerprint density at radius 3 is 2.40 bits per heavy atom. The second-order valence-electron chi connectivity index (χ2n) is 3.78. The molecule has 8 nitrogen and oxygen atoms in total. The zero-order valence-electron chi connectivity index (χ0n) is 11.0. The summed E-state index contributed by atoms with van der Waals surface area (Å²) in [5, 5.41) is 16.7. The van der Waals surface area contributed by atoms with Crippen LogP contribution in [0.15, 0.2) is 30.6 Å². The number of rotatable bonds is 5. The minimum absolute atomic E-state index is 0.125. The highest BCUT2D eigenvalue weighted by Gasteiger charge is 2.22. The first-order valence-electron chi connectivity index (χ1n) is 5.74. The third-order valence-corrected chi connectivity index (χ3v) is 2.59. The number of benzene rings is 1. The molecule has 0 radical (unpaired) electrons. The number of methoxy groups -OCH3 is 1. The number of ether oxygens (including phenoxy) is 1. The van der Waals surface area contributed by atoms with E-state index >= 15 is 0 Å².